The van der Waals surface area contributed by atoms with Gasteiger partial charge in [0.25, 0.3) is 7.82 Å². The van der Waals surface area contributed by atoms with Crippen LogP contribution in [0.4, 0.5) is 0 Å². The molecule has 0 aliphatic carbocycles. The van der Waals surface area contributed by atoms with E-state index in [1.54, 1.807) is 0 Å². The number of rotatable bonds is 64. The Morgan fingerprint density at radius 1 is 0.450 bits per heavy atom. The molecular weight excluding hydrogens is 1010 g/mol. The lowest BCUT2D eigenvalue weighted by Gasteiger charge is -2.30. The third-order valence-corrected chi connectivity index (χ3v) is 16.7. The number of hydrogen-bond donors (Lipinski definition) is 2. The predicted octanol–water partition coefficient (Wildman–Crippen LogP) is 21.4. The number of likely N-dealkylation sites (N-methyl/N-ethyl adjacent to an activating group) is 1. The van der Waals surface area contributed by atoms with Gasteiger partial charge in [-0.05, 0) is 57.8 Å². The molecule has 3 unspecified atom stereocenters. The van der Waals surface area contributed by atoms with Crippen molar-refractivity contribution in [1.29, 1.82) is 0 Å². The Bertz CT molecular complexity index is 1490. The number of aliphatic hydroxyl groups is 1. The van der Waals surface area contributed by atoms with Gasteiger partial charge in [-0.25, -0.2) is 0 Å². The van der Waals surface area contributed by atoms with Crippen molar-refractivity contribution in [3.63, 3.8) is 0 Å². The first-order valence-electron chi connectivity index (χ1n) is 34.6. The van der Waals surface area contributed by atoms with E-state index in [0.717, 1.165) is 70.6 Å². The van der Waals surface area contributed by atoms with Crippen LogP contribution in [-0.4, -0.2) is 68.5 Å². The number of hydrogen-bond acceptors (Lipinski definition) is 6. The normalized spacial score (nSPS) is 14.0. The maximum Gasteiger partial charge on any atom is 0.268 e. The van der Waals surface area contributed by atoms with Gasteiger partial charge in [-0.1, -0.05) is 331 Å². The van der Waals surface area contributed by atoms with Crippen LogP contribution in [0.3, 0.4) is 0 Å². The molecule has 9 heteroatoms. The average Bonchev–Trinajstić information content (AvgIpc) is 3.42. The van der Waals surface area contributed by atoms with E-state index in [1.807, 2.05) is 21.1 Å². The van der Waals surface area contributed by atoms with Crippen LogP contribution in [0.2, 0.25) is 0 Å². The van der Waals surface area contributed by atoms with Gasteiger partial charge in [0, 0.05) is 6.42 Å². The Morgan fingerprint density at radius 3 is 1.11 bits per heavy atom. The summed E-state index contributed by atoms with van der Waals surface area (Å²) in [5, 5.41) is 14.1. The summed E-state index contributed by atoms with van der Waals surface area (Å²) in [5.74, 6) is -0.160. The molecule has 0 fully saturated rings. The summed E-state index contributed by atoms with van der Waals surface area (Å²) in [6, 6.07) is -0.803. The quantitative estimate of drug-likeness (QED) is 0.0272. The van der Waals surface area contributed by atoms with Crippen molar-refractivity contribution in [1.82, 2.24) is 5.32 Å². The third kappa shape index (κ3) is 63.8. The number of phosphoric ester groups is 1. The van der Waals surface area contributed by atoms with Gasteiger partial charge in [0.15, 0.2) is 0 Å². The molecule has 2 N–H and O–H groups in total. The van der Waals surface area contributed by atoms with Gasteiger partial charge in [-0.3, -0.25) is 9.36 Å². The molecule has 80 heavy (non-hydrogen) atoms. The number of amides is 1. The Labute approximate surface area is 498 Å². The first-order chi connectivity index (χ1) is 39.0. The topological polar surface area (TPSA) is 108 Å². The minimum atomic E-state index is -4.58. The summed E-state index contributed by atoms with van der Waals surface area (Å²) >= 11 is 0. The van der Waals surface area contributed by atoms with Gasteiger partial charge in [0.2, 0.25) is 5.91 Å². The highest BCUT2D eigenvalue weighted by Crippen LogP contribution is 2.38. The second-order valence-electron chi connectivity index (χ2n) is 24.9. The van der Waals surface area contributed by atoms with Crippen molar-refractivity contribution in [2.45, 2.75) is 347 Å². The molecule has 0 aromatic rings. The predicted molar refractivity (Wildman–Crippen MR) is 348 cm³/mol. The molecular formula is C71H135N2O6P. The average molecular weight is 1140 g/mol. The van der Waals surface area contributed by atoms with Crippen molar-refractivity contribution >= 4 is 13.7 Å². The number of carbonyl (C=O) groups is 1. The van der Waals surface area contributed by atoms with E-state index in [4.69, 9.17) is 9.05 Å². The zero-order chi connectivity index (χ0) is 58.4. The number of carbonyl (C=O) groups excluding carboxylic acids is 1. The number of nitrogens with one attached hydrogen (secondary N) is 1. The van der Waals surface area contributed by atoms with Crippen LogP contribution in [-0.2, 0) is 18.4 Å². The molecule has 0 aromatic carbocycles. The van der Waals surface area contributed by atoms with Gasteiger partial charge in [0.1, 0.15) is 13.2 Å². The molecule has 470 valence electrons. The van der Waals surface area contributed by atoms with E-state index in [2.05, 4.69) is 79.9 Å². The van der Waals surface area contributed by atoms with Crippen molar-refractivity contribution in [2.24, 2.45) is 0 Å². The summed E-state index contributed by atoms with van der Waals surface area (Å²) < 4.78 is 23.5. The molecule has 0 spiro atoms. The summed E-state index contributed by atoms with van der Waals surface area (Å²) in [7, 11) is 1.32. The molecule has 0 bridgehead atoms. The van der Waals surface area contributed by atoms with Crippen molar-refractivity contribution in [3.8, 4) is 0 Å². The van der Waals surface area contributed by atoms with Gasteiger partial charge in [0.05, 0.1) is 39.9 Å². The van der Waals surface area contributed by atoms with Gasteiger partial charge < -0.3 is 28.8 Å². The number of allylic oxidation sites excluding steroid dienone is 10. The van der Waals surface area contributed by atoms with Crippen LogP contribution in [0.1, 0.15) is 335 Å². The fourth-order valence-corrected chi connectivity index (χ4v) is 11.1. The van der Waals surface area contributed by atoms with Crippen molar-refractivity contribution < 1.29 is 32.9 Å². The number of unbranched alkanes of at least 4 members (excludes halogenated alkanes) is 41. The molecule has 0 aromatic heterocycles. The molecule has 3 atom stereocenters. The van der Waals surface area contributed by atoms with E-state index < -0.39 is 20.0 Å². The second kappa shape index (κ2) is 61.8. The van der Waals surface area contributed by atoms with Gasteiger partial charge >= 0.3 is 0 Å². The van der Waals surface area contributed by atoms with Crippen LogP contribution in [0, 0.1) is 0 Å². The molecule has 1 amide bonds. The maximum absolute atomic E-state index is 13.1. The Hall–Kier alpha value is -1.80. The second-order valence-corrected chi connectivity index (χ2v) is 26.3. The third-order valence-electron chi connectivity index (χ3n) is 15.8. The molecule has 0 aliphatic rings. The monoisotopic (exact) mass is 1140 g/mol. The minimum absolute atomic E-state index is 0.0126. The van der Waals surface area contributed by atoms with E-state index in [0.29, 0.717) is 23.9 Å². The van der Waals surface area contributed by atoms with E-state index in [1.165, 1.54) is 238 Å². The fourth-order valence-electron chi connectivity index (χ4n) is 10.4. The van der Waals surface area contributed by atoms with E-state index in [-0.39, 0.29) is 19.1 Å². The molecule has 0 radical (unpaired) electrons. The molecule has 0 saturated heterocycles. The van der Waals surface area contributed by atoms with Crippen LogP contribution in [0.25, 0.3) is 0 Å². The highest BCUT2D eigenvalue weighted by atomic mass is 31.2. The SMILES string of the molecule is CC/C=C\C/C=C\C/C=C\C/C=C\C/C=C\CCCCCCCCCCCCCCCCCCCC(=O)NC(COP(=O)([O-])OCC[N+](C)(C)C)C(O)CCCCCCCCCCCCCCCCCCCCCCCCCCC. The number of aliphatic hydroxyl groups excluding tert-OH is 1. The lowest BCUT2D eigenvalue weighted by atomic mass is 10.0. The van der Waals surface area contributed by atoms with Crippen molar-refractivity contribution in [2.75, 3.05) is 40.9 Å². The van der Waals surface area contributed by atoms with E-state index in [9.17, 15) is 19.4 Å². The van der Waals surface area contributed by atoms with Crippen LogP contribution in [0.5, 0.6) is 0 Å². The Balaban J connectivity index is 4.02. The van der Waals surface area contributed by atoms with Crippen LogP contribution >= 0.6 is 7.82 Å². The van der Waals surface area contributed by atoms with Gasteiger partial charge in [-0.2, -0.15) is 0 Å². The minimum Gasteiger partial charge on any atom is -0.756 e. The smallest absolute Gasteiger partial charge is 0.268 e. The summed E-state index contributed by atoms with van der Waals surface area (Å²) in [6.07, 6.45) is 84.3. The van der Waals surface area contributed by atoms with Crippen molar-refractivity contribution in [3.05, 3.63) is 60.8 Å². The highest BCUT2D eigenvalue weighted by Gasteiger charge is 2.24. The van der Waals surface area contributed by atoms with Gasteiger partial charge in [-0.15, -0.1) is 0 Å². The summed E-state index contributed by atoms with van der Waals surface area (Å²) in [4.78, 5) is 25.7. The number of quaternary nitrogens is 1. The summed E-state index contributed by atoms with van der Waals surface area (Å²) in [5.41, 5.74) is 0. The molecule has 0 heterocycles. The zero-order valence-electron chi connectivity index (χ0n) is 53.8. The van der Waals surface area contributed by atoms with Crippen LogP contribution in [0.15, 0.2) is 60.8 Å². The Kier molecular flexibility index (Phi) is 60.4. The first-order valence-corrected chi connectivity index (χ1v) is 36.1. The zero-order valence-corrected chi connectivity index (χ0v) is 54.7. The lowest BCUT2D eigenvalue weighted by molar-refractivity contribution is -0.870. The largest absolute Gasteiger partial charge is 0.756 e. The lowest BCUT2D eigenvalue weighted by Crippen LogP contribution is -2.46. The number of nitrogens with zero attached hydrogens (tertiary/aromatic N) is 1. The standard InChI is InChI=1S/C71H135N2O6P/c1-6-8-10-12-14-16-18-20-22-24-26-28-30-32-33-34-35-36-37-38-39-41-43-45-47-49-51-53-55-57-59-61-63-65-71(75)72-69(68-79-80(76,77)78-67-66-73(3,4)5)70(74)64-62-60-58-56-54-52-50-48-46-44-42-40-31-29-27-25-23-21-19-17-15-13-11-9-7-2/h8,10,14,16,20,22,26,28,32-33,69-70,74H,6-7,9,11-13,15,17-19,21,23-25,27,29-31,34-68H2,1-5H3,(H-,72,75,76,77)/b10-8-,16-14-,22-20-,28-26-,33-32-. The number of phosphoric acid groups is 1. The fraction of sp³-hybridized carbons (Fsp3) is 0.845. The summed E-state index contributed by atoms with van der Waals surface area (Å²) in [6.45, 7) is 4.66. The maximum atomic E-state index is 13.1. The molecule has 0 aliphatic heterocycles. The first kappa shape index (κ1) is 78.2. The molecule has 8 nitrogen and oxygen atoms in total. The van der Waals surface area contributed by atoms with E-state index >= 15 is 0 Å². The highest BCUT2D eigenvalue weighted by molar-refractivity contribution is 7.45. The molecule has 0 rings (SSSR count). The molecule has 0 saturated carbocycles. The Morgan fingerprint density at radius 2 is 0.762 bits per heavy atom. The van der Waals surface area contributed by atoms with Crippen LogP contribution < -0.4 is 10.2 Å².